The third-order valence-corrected chi connectivity index (χ3v) is 5.35. The highest BCUT2D eigenvalue weighted by atomic mass is 32.2. The molecule has 2 aromatic carbocycles. The highest BCUT2D eigenvalue weighted by molar-refractivity contribution is 7.86. The number of benzene rings is 2. The van der Waals surface area contributed by atoms with Crippen LogP contribution in [0.2, 0.25) is 0 Å². The molecule has 2 aromatic rings. The van der Waals surface area contributed by atoms with Crippen LogP contribution in [0.5, 0.6) is 11.5 Å². The number of hydrogen-bond acceptors (Lipinski definition) is 6. The van der Waals surface area contributed by atoms with Crippen LogP contribution < -0.4 is 0 Å². The molecule has 0 atom stereocenters. The topological polar surface area (TPSA) is 149 Å². The van der Waals surface area contributed by atoms with Gasteiger partial charge in [0.2, 0.25) is 0 Å². The van der Waals surface area contributed by atoms with Crippen LogP contribution in [-0.2, 0) is 26.7 Å². The molecule has 10 heteroatoms. The van der Waals surface area contributed by atoms with Gasteiger partial charge in [-0.25, -0.2) is 0 Å². The lowest BCUT2D eigenvalue weighted by atomic mass is 10.0. The van der Waals surface area contributed by atoms with Crippen LogP contribution in [0.4, 0.5) is 0 Å². The third kappa shape index (κ3) is 4.10. The smallest absolute Gasteiger partial charge is 0.298 e. The van der Waals surface area contributed by atoms with E-state index in [-0.39, 0.29) is 17.5 Å². The molecule has 136 valence electrons. The average Bonchev–Trinajstić information content (AvgIpc) is 2.43. The van der Waals surface area contributed by atoms with Gasteiger partial charge in [-0.3, -0.25) is 9.11 Å². The molecule has 2 rings (SSSR count). The Morgan fingerprint density at radius 3 is 1.32 bits per heavy atom. The minimum absolute atomic E-state index is 0.0350. The van der Waals surface area contributed by atoms with Gasteiger partial charge in [0.05, 0.1) is 0 Å². The summed E-state index contributed by atoms with van der Waals surface area (Å²) in [6.45, 7) is 2.89. The van der Waals surface area contributed by atoms with E-state index >= 15 is 0 Å². The molecule has 0 aliphatic carbocycles. The Kier molecular flexibility index (Phi) is 4.83. The Morgan fingerprint density at radius 2 is 1.04 bits per heavy atom. The molecule has 0 amide bonds. The fourth-order valence-corrected chi connectivity index (χ4v) is 3.88. The van der Waals surface area contributed by atoms with Crippen molar-refractivity contribution in [3.05, 3.63) is 46.5 Å². The Hall–Kier alpha value is -2.14. The molecule has 0 saturated heterocycles. The average molecular weight is 388 g/mol. The minimum Gasteiger partial charge on any atom is -0.506 e. The summed E-state index contributed by atoms with van der Waals surface area (Å²) in [6.07, 6.45) is 0.0350. The van der Waals surface area contributed by atoms with E-state index in [2.05, 4.69) is 0 Å². The van der Waals surface area contributed by atoms with Crippen LogP contribution >= 0.6 is 0 Å². The maximum absolute atomic E-state index is 11.3. The summed E-state index contributed by atoms with van der Waals surface area (Å²) >= 11 is 0. The Morgan fingerprint density at radius 1 is 0.720 bits per heavy atom. The van der Waals surface area contributed by atoms with Gasteiger partial charge >= 0.3 is 0 Å². The Balaban J connectivity index is 2.58. The first kappa shape index (κ1) is 19.2. The van der Waals surface area contributed by atoms with E-state index in [0.717, 1.165) is 12.1 Å². The van der Waals surface area contributed by atoms with Gasteiger partial charge in [0.1, 0.15) is 21.3 Å². The normalized spacial score (nSPS) is 12.3. The van der Waals surface area contributed by atoms with Crippen molar-refractivity contribution in [2.45, 2.75) is 30.1 Å². The third-order valence-electron chi connectivity index (χ3n) is 3.61. The molecular formula is C15H16O8S2. The SMILES string of the molecule is Cc1cc(Cc2cc(C)c(O)c(S(=O)(=O)O)c2)cc(S(=O)(=O)O)c1O. The number of rotatable bonds is 4. The van der Waals surface area contributed by atoms with E-state index in [1.165, 1.54) is 26.0 Å². The number of hydrogen-bond donors (Lipinski definition) is 4. The zero-order chi connectivity index (χ0) is 19.2. The summed E-state index contributed by atoms with van der Waals surface area (Å²) in [6, 6.07) is 5.07. The van der Waals surface area contributed by atoms with E-state index in [1.807, 2.05) is 0 Å². The van der Waals surface area contributed by atoms with Crippen LogP contribution in [-0.4, -0.2) is 36.2 Å². The van der Waals surface area contributed by atoms with Crippen molar-refractivity contribution in [2.75, 3.05) is 0 Å². The first-order valence-electron chi connectivity index (χ1n) is 6.90. The number of aromatic hydroxyl groups is 2. The summed E-state index contributed by atoms with van der Waals surface area (Å²) in [4.78, 5) is -1.32. The van der Waals surface area contributed by atoms with Crippen LogP contribution in [0.3, 0.4) is 0 Å². The second kappa shape index (κ2) is 6.30. The van der Waals surface area contributed by atoms with Crippen molar-refractivity contribution >= 4 is 20.2 Å². The first-order valence-corrected chi connectivity index (χ1v) is 9.78. The lowest BCUT2D eigenvalue weighted by Gasteiger charge is -2.11. The molecule has 8 nitrogen and oxygen atoms in total. The number of phenolic OH excluding ortho intramolecular Hbond substituents is 2. The summed E-state index contributed by atoms with van der Waals surface area (Å²) in [5, 5.41) is 19.5. The van der Waals surface area contributed by atoms with E-state index in [9.17, 15) is 36.2 Å². The molecule has 0 saturated carbocycles. The van der Waals surface area contributed by atoms with Crippen molar-refractivity contribution in [2.24, 2.45) is 0 Å². The van der Waals surface area contributed by atoms with E-state index in [4.69, 9.17) is 0 Å². The van der Waals surface area contributed by atoms with Crippen LogP contribution in [0.25, 0.3) is 0 Å². The van der Waals surface area contributed by atoms with Gasteiger partial charge in [-0.1, -0.05) is 12.1 Å². The molecule has 0 aliphatic heterocycles. The molecule has 0 heterocycles. The second-order valence-electron chi connectivity index (χ2n) is 5.65. The van der Waals surface area contributed by atoms with Gasteiger partial charge in [0.25, 0.3) is 20.2 Å². The van der Waals surface area contributed by atoms with Crippen LogP contribution in [0.15, 0.2) is 34.1 Å². The first-order chi connectivity index (χ1) is 11.3. The highest BCUT2D eigenvalue weighted by Gasteiger charge is 2.21. The molecule has 0 spiro atoms. The predicted molar refractivity (Wildman–Crippen MR) is 88.1 cm³/mol. The maximum atomic E-state index is 11.3. The molecule has 0 radical (unpaired) electrons. The minimum atomic E-state index is -4.64. The summed E-state index contributed by atoms with van der Waals surface area (Å²) in [5.74, 6) is -1.15. The van der Waals surface area contributed by atoms with Crippen molar-refractivity contribution < 1.29 is 36.2 Å². The molecule has 0 unspecified atom stereocenters. The van der Waals surface area contributed by atoms with Gasteiger partial charge in [0, 0.05) is 0 Å². The molecule has 25 heavy (non-hydrogen) atoms. The molecule has 0 bridgehead atoms. The lowest BCUT2D eigenvalue weighted by Crippen LogP contribution is -2.03. The summed E-state index contributed by atoms with van der Waals surface area (Å²) in [5.41, 5.74) is 1.15. The maximum Gasteiger partial charge on any atom is 0.298 e. The highest BCUT2D eigenvalue weighted by Crippen LogP contribution is 2.31. The van der Waals surface area contributed by atoms with Crippen LogP contribution in [0, 0.1) is 13.8 Å². The molecule has 0 aliphatic rings. The van der Waals surface area contributed by atoms with Gasteiger partial charge in [-0.15, -0.1) is 0 Å². The molecule has 0 fully saturated rings. The summed E-state index contributed by atoms with van der Waals surface area (Å²) in [7, 11) is -9.29. The number of aryl methyl sites for hydroxylation is 2. The van der Waals surface area contributed by atoms with Crippen molar-refractivity contribution in [1.29, 1.82) is 0 Å². The monoisotopic (exact) mass is 388 g/mol. The lowest BCUT2D eigenvalue weighted by molar-refractivity contribution is 0.438. The van der Waals surface area contributed by atoms with Gasteiger partial charge in [0.15, 0.2) is 0 Å². The van der Waals surface area contributed by atoms with Crippen molar-refractivity contribution in [1.82, 2.24) is 0 Å². The molecular weight excluding hydrogens is 372 g/mol. The Bertz CT molecular complexity index is 968. The van der Waals surface area contributed by atoms with E-state index < -0.39 is 41.5 Å². The zero-order valence-corrected chi connectivity index (χ0v) is 14.9. The van der Waals surface area contributed by atoms with E-state index in [0.29, 0.717) is 11.1 Å². The van der Waals surface area contributed by atoms with Gasteiger partial charge in [-0.05, 0) is 54.7 Å². The standard InChI is InChI=1S/C15H16O8S2/c1-8-3-10(6-12(14(8)16)24(18,19)20)5-11-4-9(2)15(17)13(7-11)25(21,22)23/h3-4,6-7,16-17H,5H2,1-2H3,(H,18,19,20)(H,21,22,23). The predicted octanol–water partition coefficient (Wildman–Crippen LogP) is 1.80. The quantitative estimate of drug-likeness (QED) is 0.579. The fourth-order valence-electron chi connectivity index (χ4n) is 2.47. The zero-order valence-electron chi connectivity index (χ0n) is 13.3. The molecule has 4 N–H and O–H groups in total. The largest absolute Gasteiger partial charge is 0.506 e. The second-order valence-corrected chi connectivity index (χ2v) is 8.43. The number of phenols is 2. The van der Waals surface area contributed by atoms with Crippen molar-refractivity contribution in [3.63, 3.8) is 0 Å². The fraction of sp³-hybridized carbons (Fsp3) is 0.200. The van der Waals surface area contributed by atoms with Crippen molar-refractivity contribution in [3.8, 4) is 11.5 Å². The Labute approximate surface area is 144 Å². The van der Waals surface area contributed by atoms with E-state index in [1.54, 1.807) is 0 Å². The van der Waals surface area contributed by atoms with Gasteiger partial charge in [-0.2, -0.15) is 16.8 Å². The molecule has 0 aromatic heterocycles. The van der Waals surface area contributed by atoms with Crippen LogP contribution in [0.1, 0.15) is 22.3 Å². The van der Waals surface area contributed by atoms with Gasteiger partial charge < -0.3 is 10.2 Å². The summed E-state index contributed by atoms with van der Waals surface area (Å²) < 4.78 is 63.7.